The van der Waals surface area contributed by atoms with Crippen LogP contribution in [0.2, 0.25) is 0 Å². The number of rotatable bonds is 6. The van der Waals surface area contributed by atoms with Crippen LogP contribution in [0, 0.1) is 13.8 Å². The monoisotopic (exact) mass is 487 g/mol. The Balaban J connectivity index is 1.43. The van der Waals surface area contributed by atoms with Gasteiger partial charge in [-0.1, -0.05) is 44.7 Å². The van der Waals surface area contributed by atoms with Crippen molar-refractivity contribution in [2.45, 2.75) is 57.7 Å². The zero-order valence-corrected chi connectivity index (χ0v) is 21.2. The maximum Gasteiger partial charge on any atom is 0.277 e. The minimum absolute atomic E-state index is 0.0468. The molecule has 1 aromatic carbocycles. The summed E-state index contributed by atoms with van der Waals surface area (Å²) in [6.07, 6.45) is 0.586. The van der Waals surface area contributed by atoms with Crippen molar-refractivity contribution in [3.8, 4) is 11.5 Å². The Morgan fingerprint density at radius 2 is 1.88 bits per heavy atom. The minimum Gasteiger partial charge on any atom is -0.411 e. The molecule has 3 heterocycles. The second-order valence-corrected chi connectivity index (χ2v) is 12.8. The Morgan fingerprint density at radius 1 is 1.18 bits per heavy atom. The summed E-state index contributed by atoms with van der Waals surface area (Å²) in [5.41, 5.74) is 4.45. The minimum atomic E-state index is -3.00. The normalized spacial score (nSPS) is 18.0. The smallest absolute Gasteiger partial charge is 0.277 e. The third-order valence-electron chi connectivity index (χ3n) is 6.09. The van der Waals surface area contributed by atoms with Gasteiger partial charge in [-0.15, -0.1) is 10.2 Å². The summed E-state index contributed by atoms with van der Waals surface area (Å²) < 4.78 is 31.5. The van der Waals surface area contributed by atoms with Crippen LogP contribution in [-0.4, -0.2) is 46.2 Å². The molecule has 3 aromatic rings. The van der Waals surface area contributed by atoms with E-state index in [1.165, 1.54) is 17.3 Å². The average Bonchev–Trinajstić information content (AvgIpc) is 3.43. The summed E-state index contributed by atoms with van der Waals surface area (Å²) in [4.78, 5) is 12.9. The maximum atomic E-state index is 12.9. The summed E-state index contributed by atoms with van der Waals surface area (Å²) >= 11 is 1.21. The van der Waals surface area contributed by atoms with E-state index >= 15 is 0 Å². The molecular weight excluding hydrogens is 458 g/mol. The van der Waals surface area contributed by atoms with Gasteiger partial charge in [0.1, 0.15) is 0 Å². The molecule has 0 N–H and O–H groups in total. The molecular formula is C24H29N3O4S2. The fourth-order valence-corrected chi connectivity index (χ4v) is 6.65. The van der Waals surface area contributed by atoms with Crippen LogP contribution in [0.15, 0.2) is 40.0 Å². The Hall–Kier alpha value is -2.39. The predicted octanol–water partition coefficient (Wildman–Crippen LogP) is 4.79. The third-order valence-corrected chi connectivity index (χ3v) is 8.66. The van der Waals surface area contributed by atoms with Gasteiger partial charge in [0.25, 0.3) is 5.22 Å². The van der Waals surface area contributed by atoms with E-state index in [0.717, 1.165) is 17.0 Å². The number of ketones is 1. The lowest BCUT2D eigenvalue weighted by atomic mass is 9.87. The zero-order valence-electron chi connectivity index (χ0n) is 19.6. The summed E-state index contributed by atoms with van der Waals surface area (Å²) in [6.45, 7) is 10.3. The first kappa shape index (κ1) is 23.8. The number of hydrogen-bond donors (Lipinski definition) is 0. The molecule has 0 radical (unpaired) electrons. The first-order chi connectivity index (χ1) is 15.4. The average molecular weight is 488 g/mol. The van der Waals surface area contributed by atoms with Crippen LogP contribution in [0.5, 0.6) is 0 Å². The molecule has 1 atom stereocenters. The first-order valence-corrected chi connectivity index (χ1v) is 13.7. The molecule has 33 heavy (non-hydrogen) atoms. The van der Waals surface area contributed by atoms with Gasteiger partial charge in [-0.25, -0.2) is 8.42 Å². The topological polar surface area (TPSA) is 95.1 Å². The lowest BCUT2D eigenvalue weighted by molar-refractivity contribution is 0.102. The van der Waals surface area contributed by atoms with Gasteiger partial charge < -0.3 is 8.98 Å². The number of benzene rings is 1. The number of thioether (sulfide) groups is 1. The Labute approximate surface area is 198 Å². The second-order valence-electron chi connectivity index (χ2n) is 9.62. The lowest BCUT2D eigenvalue weighted by Crippen LogP contribution is -2.14. The van der Waals surface area contributed by atoms with E-state index in [2.05, 4.69) is 43.1 Å². The summed E-state index contributed by atoms with van der Waals surface area (Å²) in [7, 11) is -3.00. The Bertz CT molecular complexity index is 1280. The molecule has 0 aliphatic carbocycles. The number of sulfone groups is 1. The zero-order chi connectivity index (χ0) is 24.0. The molecule has 0 bridgehead atoms. The summed E-state index contributed by atoms with van der Waals surface area (Å²) in [6, 6.07) is 9.78. The number of carbonyl (C=O) groups is 1. The van der Waals surface area contributed by atoms with Crippen LogP contribution in [0.25, 0.3) is 11.5 Å². The molecule has 4 rings (SSSR count). The standard InChI is InChI=1S/C24H29N3O4S2/c1-15-12-20(16(2)27(15)19-10-11-33(29,30)14-19)21(28)13-32-23-26-25-22(31-23)17-6-8-18(9-7-17)24(3,4)5/h6-9,12,19H,10-11,13-14H2,1-5H3. The van der Waals surface area contributed by atoms with E-state index in [1.807, 2.05) is 36.6 Å². The van der Waals surface area contributed by atoms with E-state index in [-0.39, 0.29) is 34.5 Å². The first-order valence-electron chi connectivity index (χ1n) is 10.9. The Morgan fingerprint density at radius 3 is 2.48 bits per heavy atom. The van der Waals surface area contributed by atoms with E-state index in [1.54, 1.807) is 0 Å². The molecule has 0 amide bonds. The fourth-order valence-electron chi connectivity index (χ4n) is 4.30. The van der Waals surface area contributed by atoms with Crippen molar-refractivity contribution < 1.29 is 17.6 Å². The number of Topliss-reactive ketones (excluding diaryl/α,β-unsaturated/α-hetero) is 1. The second kappa shape index (κ2) is 8.76. The van der Waals surface area contributed by atoms with Gasteiger partial charge in [0.15, 0.2) is 15.6 Å². The van der Waals surface area contributed by atoms with E-state index in [0.29, 0.717) is 23.1 Å². The van der Waals surface area contributed by atoms with Crippen LogP contribution >= 0.6 is 11.8 Å². The number of hydrogen-bond acceptors (Lipinski definition) is 7. The summed E-state index contributed by atoms with van der Waals surface area (Å²) in [5, 5.41) is 8.54. The number of aryl methyl sites for hydroxylation is 1. The highest BCUT2D eigenvalue weighted by Gasteiger charge is 2.31. The van der Waals surface area contributed by atoms with Gasteiger partial charge in [0.2, 0.25) is 5.89 Å². The highest BCUT2D eigenvalue weighted by Crippen LogP contribution is 2.31. The molecule has 176 valence electrons. The SMILES string of the molecule is Cc1cc(C(=O)CSc2nnc(-c3ccc(C(C)(C)C)cc3)o2)c(C)n1C1CCS(=O)(=O)C1. The van der Waals surface area contributed by atoms with Crippen LogP contribution in [-0.2, 0) is 15.3 Å². The molecule has 7 nitrogen and oxygen atoms in total. The van der Waals surface area contributed by atoms with Crippen molar-refractivity contribution in [3.63, 3.8) is 0 Å². The highest BCUT2D eigenvalue weighted by atomic mass is 32.2. The molecule has 2 aromatic heterocycles. The van der Waals surface area contributed by atoms with Crippen molar-refractivity contribution in [1.82, 2.24) is 14.8 Å². The molecule has 1 aliphatic rings. The van der Waals surface area contributed by atoms with Gasteiger partial charge in [-0.05, 0) is 49.4 Å². The molecule has 9 heteroatoms. The van der Waals surface area contributed by atoms with Crippen LogP contribution in [0.1, 0.15) is 60.5 Å². The van der Waals surface area contributed by atoms with Crippen molar-refractivity contribution in [3.05, 3.63) is 52.8 Å². The molecule has 1 saturated heterocycles. The Kier molecular flexibility index (Phi) is 6.30. The number of aromatic nitrogens is 3. The summed E-state index contributed by atoms with van der Waals surface area (Å²) in [5.74, 6) is 0.873. The number of nitrogens with zero attached hydrogens (tertiary/aromatic N) is 3. The molecule has 1 fully saturated rings. The maximum absolute atomic E-state index is 12.9. The van der Waals surface area contributed by atoms with Gasteiger partial charge in [0.05, 0.1) is 17.3 Å². The van der Waals surface area contributed by atoms with Gasteiger partial charge in [0, 0.05) is 28.6 Å². The van der Waals surface area contributed by atoms with Gasteiger partial charge in [-0.2, -0.15) is 0 Å². The van der Waals surface area contributed by atoms with Crippen LogP contribution in [0.4, 0.5) is 0 Å². The largest absolute Gasteiger partial charge is 0.411 e. The van der Waals surface area contributed by atoms with Gasteiger partial charge >= 0.3 is 0 Å². The molecule has 0 saturated carbocycles. The fraction of sp³-hybridized carbons (Fsp3) is 0.458. The van der Waals surface area contributed by atoms with Crippen molar-refractivity contribution in [1.29, 1.82) is 0 Å². The van der Waals surface area contributed by atoms with Gasteiger partial charge in [-0.3, -0.25) is 4.79 Å². The van der Waals surface area contributed by atoms with Crippen LogP contribution in [0.3, 0.4) is 0 Å². The van der Waals surface area contributed by atoms with Crippen LogP contribution < -0.4 is 0 Å². The highest BCUT2D eigenvalue weighted by molar-refractivity contribution is 7.99. The quantitative estimate of drug-likeness (QED) is 0.364. The van der Waals surface area contributed by atoms with E-state index in [4.69, 9.17) is 4.42 Å². The third kappa shape index (κ3) is 5.09. The molecule has 1 unspecified atom stereocenters. The van der Waals surface area contributed by atoms with Crippen molar-refractivity contribution >= 4 is 27.4 Å². The number of carbonyl (C=O) groups excluding carboxylic acids is 1. The van der Waals surface area contributed by atoms with E-state index < -0.39 is 9.84 Å². The van der Waals surface area contributed by atoms with Crippen molar-refractivity contribution in [2.75, 3.05) is 17.3 Å². The van der Waals surface area contributed by atoms with E-state index in [9.17, 15) is 13.2 Å². The lowest BCUT2D eigenvalue weighted by Gasteiger charge is -2.18. The molecule has 0 spiro atoms. The van der Waals surface area contributed by atoms with Crippen molar-refractivity contribution in [2.24, 2.45) is 0 Å². The molecule has 1 aliphatic heterocycles. The predicted molar refractivity (Wildman–Crippen MR) is 130 cm³/mol.